The summed E-state index contributed by atoms with van der Waals surface area (Å²) < 4.78 is 1.67. The van der Waals surface area contributed by atoms with Crippen LogP contribution in [-0.4, -0.2) is 41.6 Å². The van der Waals surface area contributed by atoms with Gasteiger partial charge in [0.25, 0.3) is 11.5 Å². The van der Waals surface area contributed by atoms with Crippen LogP contribution < -0.4 is 10.5 Å². The first-order valence-corrected chi connectivity index (χ1v) is 11.4. The number of aryl methyl sites for hydroxylation is 4. The van der Waals surface area contributed by atoms with Gasteiger partial charge in [0.2, 0.25) is 0 Å². The first-order valence-electron chi connectivity index (χ1n) is 11.4. The largest absolute Gasteiger partial charge is 0.369 e. The van der Waals surface area contributed by atoms with Crippen LogP contribution in [0.4, 0.5) is 5.69 Å². The molecule has 4 rings (SSSR count). The molecule has 0 N–H and O–H groups in total. The summed E-state index contributed by atoms with van der Waals surface area (Å²) in [6.07, 6.45) is 3.44. The molecule has 1 amide bonds. The van der Waals surface area contributed by atoms with E-state index in [0.29, 0.717) is 25.2 Å². The van der Waals surface area contributed by atoms with Gasteiger partial charge in [0, 0.05) is 44.6 Å². The summed E-state index contributed by atoms with van der Waals surface area (Å²) in [6, 6.07) is 20.4. The van der Waals surface area contributed by atoms with Crippen LogP contribution in [0.25, 0.3) is 0 Å². The quantitative estimate of drug-likeness (QED) is 0.614. The number of aromatic nitrogens is 1. The van der Waals surface area contributed by atoms with Crippen molar-refractivity contribution in [1.82, 2.24) is 9.47 Å². The molecule has 5 nitrogen and oxygen atoms in total. The predicted octanol–water partition coefficient (Wildman–Crippen LogP) is 4.06. The number of hydrogen-bond acceptors (Lipinski definition) is 3. The minimum Gasteiger partial charge on any atom is -0.369 e. The Bertz CT molecular complexity index is 1140. The third kappa shape index (κ3) is 4.77. The van der Waals surface area contributed by atoms with Gasteiger partial charge in [-0.2, -0.15) is 0 Å². The molecule has 0 aliphatic carbocycles. The van der Waals surface area contributed by atoms with Gasteiger partial charge >= 0.3 is 0 Å². The molecule has 1 aromatic heterocycles. The highest BCUT2D eigenvalue weighted by Crippen LogP contribution is 2.21. The van der Waals surface area contributed by atoms with Gasteiger partial charge in [-0.15, -0.1) is 0 Å². The van der Waals surface area contributed by atoms with Crippen LogP contribution >= 0.6 is 0 Å². The van der Waals surface area contributed by atoms with E-state index in [9.17, 15) is 9.59 Å². The Morgan fingerprint density at radius 1 is 0.844 bits per heavy atom. The Labute approximate surface area is 189 Å². The summed E-state index contributed by atoms with van der Waals surface area (Å²) in [4.78, 5) is 30.8. The molecule has 0 atom stereocenters. The first kappa shape index (κ1) is 21.9. The maximum absolute atomic E-state index is 13.4. The Kier molecular flexibility index (Phi) is 6.74. The first-order chi connectivity index (χ1) is 15.5. The molecule has 2 heterocycles. The zero-order valence-corrected chi connectivity index (χ0v) is 19.0. The van der Waals surface area contributed by atoms with Crippen molar-refractivity contribution in [2.45, 2.75) is 33.2 Å². The lowest BCUT2D eigenvalue weighted by molar-refractivity contribution is 0.0763. The number of para-hydroxylation sites is 1. The van der Waals surface area contributed by atoms with Crippen LogP contribution in [0.1, 0.15) is 33.5 Å². The molecule has 5 heteroatoms. The van der Waals surface area contributed by atoms with Crippen molar-refractivity contribution < 1.29 is 4.79 Å². The van der Waals surface area contributed by atoms with E-state index in [4.69, 9.17) is 0 Å². The zero-order valence-electron chi connectivity index (χ0n) is 19.0. The van der Waals surface area contributed by atoms with Crippen LogP contribution in [0.2, 0.25) is 0 Å². The van der Waals surface area contributed by atoms with Gasteiger partial charge in [-0.05, 0) is 55.5 Å². The van der Waals surface area contributed by atoms with Crippen molar-refractivity contribution in [3.63, 3.8) is 0 Å². The number of carbonyl (C=O) groups excluding carboxylic acids is 1. The molecule has 0 unspecified atom stereocenters. The number of carbonyl (C=O) groups is 1. The molecule has 1 saturated heterocycles. The van der Waals surface area contributed by atoms with Gasteiger partial charge in [0.15, 0.2) is 0 Å². The van der Waals surface area contributed by atoms with Crippen molar-refractivity contribution in [1.29, 1.82) is 0 Å². The number of rotatable bonds is 5. The average molecular weight is 430 g/mol. The lowest BCUT2D eigenvalue weighted by Crippen LogP contribution is -2.39. The van der Waals surface area contributed by atoms with E-state index >= 15 is 0 Å². The lowest BCUT2D eigenvalue weighted by atomic mass is 10.1. The van der Waals surface area contributed by atoms with Crippen LogP contribution in [-0.2, 0) is 13.0 Å². The second kappa shape index (κ2) is 9.86. The Morgan fingerprint density at radius 2 is 1.59 bits per heavy atom. The van der Waals surface area contributed by atoms with E-state index in [1.54, 1.807) is 10.8 Å². The van der Waals surface area contributed by atoms with Crippen molar-refractivity contribution in [3.05, 3.63) is 99.5 Å². The third-order valence-corrected chi connectivity index (χ3v) is 6.31. The molecule has 1 fully saturated rings. The average Bonchev–Trinajstić information content (AvgIpc) is 3.06. The molecule has 32 heavy (non-hydrogen) atoms. The highest BCUT2D eigenvalue weighted by Gasteiger charge is 2.25. The summed E-state index contributed by atoms with van der Waals surface area (Å²) in [5.74, 6) is -0.145. The predicted molar refractivity (Wildman–Crippen MR) is 129 cm³/mol. The molecule has 0 spiro atoms. The normalized spacial score (nSPS) is 14.3. The highest BCUT2D eigenvalue weighted by molar-refractivity contribution is 5.95. The van der Waals surface area contributed by atoms with Crippen LogP contribution in [0.5, 0.6) is 0 Å². The summed E-state index contributed by atoms with van der Waals surface area (Å²) in [5.41, 5.74) is 4.51. The Hall–Kier alpha value is -3.34. The van der Waals surface area contributed by atoms with Crippen molar-refractivity contribution >= 4 is 11.6 Å². The van der Waals surface area contributed by atoms with E-state index in [1.807, 2.05) is 42.2 Å². The lowest BCUT2D eigenvalue weighted by Gasteiger charge is -2.25. The molecule has 2 aromatic carbocycles. The van der Waals surface area contributed by atoms with Crippen molar-refractivity contribution in [2.75, 3.05) is 31.1 Å². The molecule has 166 valence electrons. The Balaban J connectivity index is 1.50. The molecule has 0 saturated carbocycles. The monoisotopic (exact) mass is 429 g/mol. The van der Waals surface area contributed by atoms with E-state index in [0.717, 1.165) is 31.5 Å². The van der Waals surface area contributed by atoms with Crippen LogP contribution in [0.15, 0.2) is 71.7 Å². The van der Waals surface area contributed by atoms with Gasteiger partial charge in [-0.25, -0.2) is 0 Å². The van der Waals surface area contributed by atoms with E-state index in [-0.39, 0.29) is 11.5 Å². The fourth-order valence-electron chi connectivity index (χ4n) is 4.43. The van der Waals surface area contributed by atoms with Gasteiger partial charge < -0.3 is 14.4 Å². The molecule has 3 aromatic rings. The van der Waals surface area contributed by atoms with Crippen molar-refractivity contribution in [2.24, 2.45) is 0 Å². The maximum atomic E-state index is 13.4. The SMILES string of the molecule is Cc1ccccc1N1CCCN(C(=O)c2c(C)ccn(CCc3ccccc3)c2=O)CC1. The number of benzene rings is 2. The molecule has 0 radical (unpaired) electrons. The standard InChI is InChI=1S/C27H31N3O2/c1-21-9-6-7-12-24(21)28-15-8-16-29(20-19-28)26(31)25-22(2)13-17-30(27(25)32)18-14-23-10-4-3-5-11-23/h3-7,9-13,17H,8,14-16,18-20H2,1-2H3. The molecule has 0 bridgehead atoms. The van der Waals surface area contributed by atoms with E-state index in [1.165, 1.54) is 16.8 Å². The molecule has 1 aliphatic rings. The number of hydrogen-bond donors (Lipinski definition) is 0. The van der Waals surface area contributed by atoms with E-state index < -0.39 is 0 Å². The summed E-state index contributed by atoms with van der Waals surface area (Å²) in [7, 11) is 0. The molecule has 1 aliphatic heterocycles. The minimum absolute atomic E-state index is 0.145. The number of anilines is 1. The molecular formula is C27H31N3O2. The van der Waals surface area contributed by atoms with Gasteiger partial charge in [-0.3, -0.25) is 9.59 Å². The van der Waals surface area contributed by atoms with E-state index in [2.05, 4.69) is 42.2 Å². The summed E-state index contributed by atoms with van der Waals surface area (Å²) in [6.45, 7) is 7.49. The highest BCUT2D eigenvalue weighted by atomic mass is 16.2. The second-order valence-electron chi connectivity index (χ2n) is 8.53. The number of pyridine rings is 1. The van der Waals surface area contributed by atoms with Gasteiger partial charge in [-0.1, -0.05) is 48.5 Å². The maximum Gasteiger partial charge on any atom is 0.263 e. The summed E-state index contributed by atoms with van der Waals surface area (Å²) in [5, 5.41) is 0. The second-order valence-corrected chi connectivity index (χ2v) is 8.53. The van der Waals surface area contributed by atoms with Crippen molar-refractivity contribution in [3.8, 4) is 0 Å². The van der Waals surface area contributed by atoms with Gasteiger partial charge in [0.1, 0.15) is 5.56 Å². The fourth-order valence-corrected chi connectivity index (χ4v) is 4.43. The summed E-state index contributed by atoms with van der Waals surface area (Å²) >= 11 is 0. The molecular weight excluding hydrogens is 398 g/mol. The Morgan fingerprint density at radius 3 is 2.38 bits per heavy atom. The fraction of sp³-hybridized carbons (Fsp3) is 0.333. The third-order valence-electron chi connectivity index (χ3n) is 6.31. The van der Waals surface area contributed by atoms with Gasteiger partial charge in [0.05, 0.1) is 0 Å². The van der Waals surface area contributed by atoms with Crippen LogP contribution in [0, 0.1) is 13.8 Å². The number of nitrogens with zero attached hydrogens (tertiary/aromatic N) is 3. The number of amides is 1. The minimum atomic E-state index is -0.189. The smallest absolute Gasteiger partial charge is 0.263 e. The van der Waals surface area contributed by atoms with Crippen LogP contribution in [0.3, 0.4) is 0 Å². The zero-order chi connectivity index (χ0) is 22.5. The topological polar surface area (TPSA) is 45.5 Å².